The van der Waals surface area contributed by atoms with Crippen LogP contribution in [0.3, 0.4) is 0 Å². The zero-order chi connectivity index (χ0) is 17.6. The van der Waals surface area contributed by atoms with Crippen molar-refractivity contribution in [1.82, 2.24) is 4.89 Å². The molecule has 0 aromatic heterocycles. The van der Waals surface area contributed by atoms with E-state index in [1.54, 1.807) is 30.3 Å². The van der Waals surface area contributed by atoms with E-state index in [1.807, 2.05) is 11.0 Å². The number of benzene rings is 2. The lowest BCUT2D eigenvalue weighted by molar-refractivity contribution is -0.387. The molecule has 1 unspecified atom stereocenters. The molecule has 1 atom stereocenters. The van der Waals surface area contributed by atoms with Gasteiger partial charge in [-0.2, -0.15) is 0 Å². The number of nitrogens with one attached hydrogen (secondary N) is 1. The molecule has 8 heteroatoms. The van der Waals surface area contributed by atoms with Crippen LogP contribution >= 0.6 is 0 Å². The summed E-state index contributed by atoms with van der Waals surface area (Å²) in [5, 5.41) is 11.0. The Labute approximate surface area is 139 Å². The van der Waals surface area contributed by atoms with Gasteiger partial charge in [0.2, 0.25) is 0 Å². The van der Waals surface area contributed by atoms with Gasteiger partial charge in [0.25, 0.3) is 15.7 Å². The molecule has 0 radical (unpaired) electrons. The van der Waals surface area contributed by atoms with Crippen molar-refractivity contribution < 1.29 is 18.2 Å². The average molecular weight is 348 g/mol. The van der Waals surface area contributed by atoms with Crippen LogP contribution in [0.5, 0.6) is 0 Å². The van der Waals surface area contributed by atoms with E-state index in [4.69, 9.17) is 4.84 Å². The first kappa shape index (κ1) is 17.8. The first-order chi connectivity index (χ1) is 11.5. The molecule has 0 spiro atoms. The summed E-state index contributed by atoms with van der Waals surface area (Å²) in [6.07, 6.45) is 1.36. The van der Waals surface area contributed by atoms with Gasteiger partial charge in [0.1, 0.15) is 6.10 Å². The Balaban J connectivity index is 2.23. The number of nitro groups is 1. The molecule has 0 saturated heterocycles. The summed E-state index contributed by atoms with van der Waals surface area (Å²) in [6, 6.07) is 14.0. The highest BCUT2D eigenvalue weighted by Gasteiger charge is 2.26. The molecule has 7 nitrogen and oxygen atoms in total. The molecule has 0 bridgehead atoms. The third-order valence-corrected chi connectivity index (χ3v) is 4.44. The SMILES string of the molecule is C=CCC(ONS(=O)(=O)c1ccccc1[N+](=O)[O-])c1ccccc1. The summed E-state index contributed by atoms with van der Waals surface area (Å²) < 4.78 is 24.7. The van der Waals surface area contributed by atoms with Crippen molar-refractivity contribution >= 4 is 15.7 Å². The van der Waals surface area contributed by atoms with E-state index >= 15 is 0 Å². The summed E-state index contributed by atoms with van der Waals surface area (Å²) in [4.78, 5) is 17.0. The van der Waals surface area contributed by atoms with Gasteiger partial charge in [0.15, 0.2) is 4.90 Å². The zero-order valence-corrected chi connectivity index (χ0v) is 13.5. The summed E-state index contributed by atoms with van der Waals surface area (Å²) in [5.41, 5.74) is 0.233. The van der Waals surface area contributed by atoms with Crippen LogP contribution < -0.4 is 4.89 Å². The van der Waals surface area contributed by atoms with Crippen molar-refractivity contribution in [3.8, 4) is 0 Å². The highest BCUT2D eigenvalue weighted by atomic mass is 32.2. The maximum Gasteiger partial charge on any atom is 0.289 e. The Morgan fingerprint density at radius 3 is 2.42 bits per heavy atom. The normalized spacial score (nSPS) is 12.5. The van der Waals surface area contributed by atoms with E-state index in [0.717, 1.165) is 17.7 Å². The van der Waals surface area contributed by atoms with Crippen LogP contribution in [0.4, 0.5) is 5.69 Å². The lowest BCUT2D eigenvalue weighted by Crippen LogP contribution is -2.27. The Morgan fingerprint density at radius 1 is 1.17 bits per heavy atom. The standard InChI is InChI=1S/C16H16N2O5S/c1-2-8-15(13-9-4-3-5-10-13)23-17-24(21,22)16-12-7-6-11-14(16)18(19)20/h2-7,9-12,15,17H,1,8H2. The van der Waals surface area contributed by atoms with Crippen LogP contribution in [0, 0.1) is 10.1 Å². The summed E-state index contributed by atoms with van der Waals surface area (Å²) in [6.45, 7) is 3.62. The smallest absolute Gasteiger partial charge is 0.278 e. The molecule has 0 saturated carbocycles. The average Bonchev–Trinajstić information content (AvgIpc) is 2.59. The summed E-state index contributed by atoms with van der Waals surface area (Å²) >= 11 is 0. The van der Waals surface area contributed by atoms with Gasteiger partial charge in [0, 0.05) is 6.07 Å². The van der Waals surface area contributed by atoms with Crippen LogP contribution in [0.2, 0.25) is 0 Å². The Hall–Kier alpha value is -2.55. The molecule has 2 rings (SSSR count). The van der Waals surface area contributed by atoms with Gasteiger partial charge < -0.3 is 0 Å². The van der Waals surface area contributed by atoms with Gasteiger partial charge in [-0.25, -0.2) is 8.42 Å². The molecule has 0 aliphatic heterocycles. The van der Waals surface area contributed by atoms with Gasteiger partial charge >= 0.3 is 0 Å². The minimum Gasteiger partial charge on any atom is -0.278 e. The molecule has 24 heavy (non-hydrogen) atoms. The third-order valence-electron chi connectivity index (χ3n) is 3.20. The zero-order valence-electron chi connectivity index (χ0n) is 12.7. The van der Waals surface area contributed by atoms with Crippen LogP contribution in [-0.2, 0) is 14.9 Å². The fourth-order valence-corrected chi connectivity index (χ4v) is 3.08. The van der Waals surface area contributed by atoms with Crippen molar-refractivity contribution in [2.45, 2.75) is 17.4 Å². The summed E-state index contributed by atoms with van der Waals surface area (Å²) in [7, 11) is -4.21. The quantitative estimate of drug-likeness (QED) is 0.449. The molecule has 0 heterocycles. The van der Waals surface area contributed by atoms with Crippen molar-refractivity contribution in [2.24, 2.45) is 0 Å². The second kappa shape index (κ2) is 7.82. The topological polar surface area (TPSA) is 98.5 Å². The number of nitro benzene ring substituents is 1. The van der Waals surface area contributed by atoms with Crippen LogP contribution in [0.15, 0.2) is 72.1 Å². The van der Waals surface area contributed by atoms with E-state index in [2.05, 4.69) is 6.58 Å². The molecule has 126 valence electrons. The second-order valence-electron chi connectivity index (χ2n) is 4.85. The maximum atomic E-state index is 12.3. The fourth-order valence-electron chi connectivity index (χ4n) is 2.07. The maximum absolute atomic E-state index is 12.3. The third kappa shape index (κ3) is 4.25. The Bertz CT molecular complexity index is 821. The molecule has 1 N–H and O–H groups in total. The van der Waals surface area contributed by atoms with Crippen molar-refractivity contribution in [3.05, 3.63) is 82.9 Å². The molecular formula is C16H16N2O5S. The van der Waals surface area contributed by atoms with E-state index in [1.165, 1.54) is 12.1 Å². The van der Waals surface area contributed by atoms with E-state index < -0.39 is 31.6 Å². The van der Waals surface area contributed by atoms with Gasteiger partial charge in [-0.15, -0.1) is 6.58 Å². The van der Waals surface area contributed by atoms with Gasteiger partial charge in [-0.3, -0.25) is 15.0 Å². The Morgan fingerprint density at radius 2 is 1.79 bits per heavy atom. The minimum absolute atomic E-state index is 0.365. The number of nitrogens with zero attached hydrogens (tertiary/aromatic N) is 1. The molecule has 2 aromatic carbocycles. The number of hydrogen-bond acceptors (Lipinski definition) is 5. The number of sulfonamides is 1. The minimum atomic E-state index is -4.21. The van der Waals surface area contributed by atoms with E-state index in [9.17, 15) is 18.5 Å². The van der Waals surface area contributed by atoms with Gasteiger partial charge in [-0.1, -0.05) is 53.4 Å². The first-order valence-corrected chi connectivity index (χ1v) is 8.50. The van der Waals surface area contributed by atoms with Crippen molar-refractivity contribution in [2.75, 3.05) is 0 Å². The number of rotatable bonds is 8. The van der Waals surface area contributed by atoms with Crippen LogP contribution in [0.25, 0.3) is 0 Å². The molecule has 0 aliphatic rings. The molecule has 0 fully saturated rings. The summed E-state index contributed by atoms with van der Waals surface area (Å²) in [5.74, 6) is 0. The molecule has 2 aromatic rings. The second-order valence-corrected chi connectivity index (χ2v) is 6.47. The van der Waals surface area contributed by atoms with Gasteiger partial charge in [-0.05, 0) is 18.1 Å². The monoisotopic (exact) mass is 348 g/mol. The molecule has 0 aliphatic carbocycles. The fraction of sp³-hybridized carbons (Fsp3) is 0.125. The number of para-hydroxylation sites is 1. The van der Waals surface area contributed by atoms with Crippen LogP contribution in [-0.4, -0.2) is 13.3 Å². The van der Waals surface area contributed by atoms with Crippen molar-refractivity contribution in [3.63, 3.8) is 0 Å². The largest absolute Gasteiger partial charge is 0.289 e. The lowest BCUT2D eigenvalue weighted by Gasteiger charge is -2.16. The van der Waals surface area contributed by atoms with E-state index in [-0.39, 0.29) is 0 Å². The van der Waals surface area contributed by atoms with E-state index in [0.29, 0.717) is 6.42 Å². The van der Waals surface area contributed by atoms with Crippen LogP contribution in [0.1, 0.15) is 18.1 Å². The highest BCUT2D eigenvalue weighted by molar-refractivity contribution is 7.89. The molecule has 0 amide bonds. The molecular weight excluding hydrogens is 332 g/mol. The predicted octanol–water partition coefficient (Wildman–Crippen LogP) is 3.12. The highest BCUT2D eigenvalue weighted by Crippen LogP contribution is 2.25. The first-order valence-electron chi connectivity index (χ1n) is 7.02. The predicted molar refractivity (Wildman–Crippen MR) is 88.5 cm³/mol. The number of hydrogen-bond donors (Lipinski definition) is 1. The van der Waals surface area contributed by atoms with Crippen molar-refractivity contribution in [1.29, 1.82) is 0 Å². The van der Waals surface area contributed by atoms with Gasteiger partial charge in [0.05, 0.1) is 4.92 Å². The Kier molecular flexibility index (Phi) is 5.80. The lowest BCUT2D eigenvalue weighted by atomic mass is 10.1.